The van der Waals surface area contributed by atoms with Crippen LogP contribution in [0.25, 0.3) is 0 Å². The van der Waals surface area contributed by atoms with E-state index in [9.17, 15) is 4.79 Å². The summed E-state index contributed by atoms with van der Waals surface area (Å²) in [4.78, 5) is 15.3. The van der Waals surface area contributed by atoms with Gasteiger partial charge in [0.2, 0.25) is 0 Å². The highest BCUT2D eigenvalue weighted by atomic mass is 35.5. The largest absolute Gasteiger partial charge is 0.478 e. The Kier molecular flexibility index (Phi) is 3.93. The summed E-state index contributed by atoms with van der Waals surface area (Å²) in [6.07, 6.45) is 0. The van der Waals surface area contributed by atoms with Gasteiger partial charge in [0, 0.05) is 37.6 Å². The number of benzene rings is 1. The van der Waals surface area contributed by atoms with Gasteiger partial charge in [0.25, 0.3) is 0 Å². The van der Waals surface area contributed by atoms with Crippen molar-refractivity contribution < 1.29 is 9.90 Å². The number of hydrogen-bond donors (Lipinski definition) is 2. The lowest BCUT2D eigenvalue weighted by atomic mass is 10.1. The maximum Gasteiger partial charge on any atom is 0.337 e. The van der Waals surface area contributed by atoms with Crippen LogP contribution in [0.2, 0.25) is 0 Å². The van der Waals surface area contributed by atoms with Crippen LogP contribution in [-0.2, 0) is 0 Å². The number of alkyl halides is 1. The molecule has 0 amide bonds. The molecule has 0 unspecified atom stereocenters. The molecule has 0 spiro atoms. The quantitative estimate of drug-likeness (QED) is 0.492. The van der Waals surface area contributed by atoms with Gasteiger partial charge in [0.15, 0.2) is 0 Å². The van der Waals surface area contributed by atoms with E-state index in [-0.39, 0.29) is 5.56 Å². The highest BCUT2D eigenvalue weighted by Gasteiger charge is 2.18. The maximum absolute atomic E-state index is 11.0. The van der Waals surface area contributed by atoms with E-state index in [1.54, 1.807) is 12.1 Å². The third-order valence-electron chi connectivity index (χ3n) is 3.17. The smallest absolute Gasteiger partial charge is 0.337 e. The van der Waals surface area contributed by atoms with Crippen LogP contribution in [0.3, 0.4) is 0 Å². The van der Waals surface area contributed by atoms with E-state index < -0.39 is 5.97 Å². The molecule has 1 aromatic rings. The van der Waals surface area contributed by atoms with Gasteiger partial charge in [-0.25, -0.2) is 4.79 Å². The number of rotatable bonds is 3. The van der Waals surface area contributed by atoms with Crippen molar-refractivity contribution >= 4 is 28.9 Å². The number of nitrogens with zero attached hydrogens (tertiary/aromatic N) is 2. The lowest BCUT2D eigenvalue weighted by Gasteiger charge is -2.35. The molecular formula is C12H16ClN3O2. The molecule has 18 heavy (non-hydrogen) atoms. The number of aromatic carboxylic acids is 1. The van der Waals surface area contributed by atoms with E-state index in [1.807, 2.05) is 6.07 Å². The van der Waals surface area contributed by atoms with Crippen LogP contribution < -0.4 is 10.6 Å². The highest BCUT2D eigenvalue weighted by molar-refractivity contribution is 6.17. The number of anilines is 2. The van der Waals surface area contributed by atoms with Crippen molar-refractivity contribution in [2.45, 2.75) is 0 Å². The third kappa shape index (κ3) is 2.68. The number of hydrogen-bond acceptors (Lipinski definition) is 4. The number of carboxylic acids is 1. The summed E-state index contributed by atoms with van der Waals surface area (Å²) in [5.74, 6) is -0.992. The molecule has 1 aliphatic heterocycles. The van der Waals surface area contributed by atoms with Gasteiger partial charge in [-0.15, -0.1) is 11.6 Å². The average molecular weight is 270 g/mol. The molecule has 2 rings (SSSR count). The zero-order valence-corrected chi connectivity index (χ0v) is 10.7. The van der Waals surface area contributed by atoms with Gasteiger partial charge in [0.1, 0.15) is 0 Å². The van der Waals surface area contributed by atoms with Crippen molar-refractivity contribution in [3.8, 4) is 0 Å². The molecule has 0 atom stereocenters. The van der Waals surface area contributed by atoms with Gasteiger partial charge in [-0.1, -0.05) is 0 Å². The lowest BCUT2D eigenvalue weighted by molar-refractivity contribution is 0.0698. The first-order valence-corrected chi connectivity index (χ1v) is 6.31. The van der Waals surface area contributed by atoms with Crippen molar-refractivity contribution in [3.05, 3.63) is 23.8 Å². The second kappa shape index (κ2) is 5.46. The predicted molar refractivity (Wildman–Crippen MR) is 72.3 cm³/mol. The van der Waals surface area contributed by atoms with Crippen molar-refractivity contribution in [2.75, 3.05) is 42.8 Å². The Bertz CT molecular complexity index is 445. The van der Waals surface area contributed by atoms with Crippen molar-refractivity contribution in [1.82, 2.24) is 4.90 Å². The molecule has 1 fully saturated rings. The Morgan fingerprint density at radius 3 is 2.56 bits per heavy atom. The first-order chi connectivity index (χ1) is 8.61. The summed E-state index contributed by atoms with van der Waals surface area (Å²) < 4.78 is 0. The first-order valence-electron chi connectivity index (χ1n) is 5.78. The van der Waals surface area contributed by atoms with E-state index in [4.69, 9.17) is 22.4 Å². The first kappa shape index (κ1) is 13.0. The van der Waals surface area contributed by atoms with Gasteiger partial charge in [-0.3, -0.25) is 4.90 Å². The molecule has 0 aromatic heterocycles. The molecule has 0 aliphatic carbocycles. The van der Waals surface area contributed by atoms with Gasteiger partial charge < -0.3 is 15.7 Å². The minimum Gasteiger partial charge on any atom is -0.478 e. The molecule has 0 saturated carbocycles. The molecule has 5 nitrogen and oxygen atoms in total. The summed E-state index contributed by atoms with van der Waals surface area (Å²) in [5.41, 5.74) is 6.99. The van der Waals surface area contributed by atoms with Crippen LogP contribution in [-0.4, -0.2) is 48.2 Å². The van der Waals surface area contributed by atoms with Crippen LogP contribution in [0.4, 0.5) is 11.4 Å². The Morgan fingerprint density at radius 1 is 1.33 bits per heavy atom. The van der Waals surface area contributed by atoms with Crippen LogP contribution in [0, 0.1) is 0 Å². The van der Waals surface area contributed by atoms with Crippen LogP contribution in [0.5, 0.6) is 0 Å². The van der Waals surface area contributed by atoms with Gasteiger partial charge >= 0.3 is 5.97 Å². The number of piperazine rings is 1. The molecule has 6 heteroatoms. The van der Waals surface area contributed by atoms with E-state index in [1.165, 1.54) is 0 Å². The molecule has 0 bridgehead atoms. The molecule has 3 N–H and O–H groups in total. The minimum absolute atomic E-state index is 0.160. The summed E-state index contributed by atoms with van der Waals surface area (Å²) in [6.45, 7) is 3.46. The van der Waals surface area contributed by atoms with Crippen LogP contribution in [0.1, 0.15) is 10.4 Å². The van der Waals surface area contributed by atoms with Gasteiger partial charge in [-0.2, -0.15) is 0 Å². The number of halogens is 1. The average Bonchev–Trinajstić information content (AvgIpc) is 2.39. The van der Waals surface area contributed by atoms with E-state index in [2.05, 4.69) is 9.80 Å². The van der Waals surface area contributed by atoms with E-state index in [0.29, 0.717) is 11.7 Å². The SMILES string of the molecule is Nc1ccc(N2CCN(CCl)CC2)cc1C(=O)O. The predicted octanol–water partition coefficient (Wildman–Crippen LogP) is 1.29. The summed E-state index contributed by atoms with van der Waals surface area (Å²) >= 11 is 5.77. The van der Waals surface area contributed by atoms with Gasteiger partial charge in [-0.05, 0) is 18.2 Å². The molecule has 1 heterocycles. The summed E-state index contributed by atoms with van der Waals surface area (Å²) in [7, 11) is 0. The Morgan fingerprint density at radius 2 is 2.00 bits per heavy atom. The second-order valence-corrected chi connectivity index (χ2v) is 4.54. The fourth-order valence-corrected chi connectivity index (χ4v) is 2.29. The van der Waals surface area contributed by atoms with Crippen LogP contribution in [0.15, 0.2) is 18.2 Å². The molecule has 98 valence electrons. The van der Waals surface area contributed by atoms with E-state index in [0.717, 1.165) is 31.9 Å². The number of nitrogen functional groups attached to an aromatic ring is 1. The monoisotopic (exact) mass is 269 g/mol. The molecule has 0 radical (unpaired) electrons. The van der Waals surface area contributed by atoms with Gasteiger partial charge in [0.05, 0.1) is 11.6 Å². The zero-order valence-electron chi connectivity index (χ0n) is 9.97. The summed E-state index contributed by atoms with van der Waals surface area (Å²) in [5, 5.41) is 9.04. The fourth-order valence-electron chi connectivity index (χ4n) is 2.05. The van der Waals surface area contributed by atoms with Crippen LogP contribution >= 0.6 is 11.6 Å². The highest BCUT2D eigenvalue weighted by Crippen LogP contribution is 2.22. The Labute approximate surface area is 111 Å². The fraction of sp³-hybridized carbons (Fsp3) is 0.417. The lowest BCUT2D eigenvalue weighted by Crippen LogP contribution is -2.45. The van der Waals surface area contributed by atoms with Crippen molar-refractivity contribution in [1.29, 1.82) is 0 Å². The third-order valence-corrected chi connectivity index (χ3v) is 3.51. The Hall–Kier alpha value is -1.46. The standard InChI is InChI=1S/C12H16ClN3O2/c13-8-15-3-5-16(6-4-15)9-1-2-11(14)10(7-9)12(17)18/h1-2,7H,3-6,8,14H2,(H,17,18). The molecule has 1 aliphatic rings. The molecule has 1 saturated heterocycles. The Balaban J connectivity index is 2.15. The van der Waals surface area contributed by atoms with E-state index >= 15 is 0 Å². The summed E-state index contributed by atoms with van der Waals surface area (Å²) in [6, 6.07) is 5.68. The van der Waals surface area contributed by atoms with Crippen molar-refractivity contribution in [3.63, 3.8) is 0 Å². The second-order valence-electron chi connectivity index (χ2n) is 4.30. The number of nitrogens with two attached hydrogens (primary N) is 1. The number of carbonyl (C=O) groups is 1. The maximum atomic E-state index is 11.0. The normalized spacial score (nSPS) is 16.8. The zero-order chi connectivity index (χ0) is 13.1. The topological polar surface area (TPSA) is 69.8 Å². The molecule has 1 aromatic carbocycles. The molecular weight excluding hydrogens is 254 g/mol. The number of carboxylic acid groups (broad SMARTS) is 1. The minimum atomic E-state index is -0.992. The van der Waals surface area contributed by atoms with Crippen molar-refractivity contribution in [2.24, 2.45) is 0 Å².